The van der Waals surface area contributed by atoms with Gasteiger partial charge >= 0.3 is 0 Å². The number of aliphatic imine (C=N–C) groups is 1. The zero-order valence-corrected chi connectivity index (χ0v) is 7.14. The molecule has 1 atom stereocenters. The van der Waals surface area contributed by atoms with E-state index in [9.17, 15) is 4.79 Å². The molecule has 0 aromatic rings. The first-order valence-corrected chi connectivity index (χ1v) is 4.82. The van der Waals surface area contributed by atoms with E-state index in [0.29, 0.717) is 0 Å². The van der Waals surface area contributed by atoms with Crippen LogP contribution < -0.4 is 0 Å². The Kier molecular flexibility index (Phi) is 4.02. The molecule has 0 spiro atoms. The monoisotopic (exact) mass is 169 g/mol. The second-order valence-electron chi connectivity index (χ2n) is 2.48. The van der Waals surface area contributed by atoms with Crippen molar-refractivity contribution in [2.45, 2.75) is 24.5 Å². The minimum atomic E-state index is 0.758. The predicted octanol–water partition coefficient (Wildman–Crippen LogP) is 2.12. The van der Waals surface area contributed by atoms with E-state index in [0.717, 1.165) is 11.7 Å². The summed E-state index contributed by atoms with van der Waals surface area (Å²) in [6.07, 6.45) is 8.62. The fraction of sp³-hybridized carbons (Fsp3) is 0.625. The van der Waals surface area contributed by atoms with E-state index in [1.807, 2.05) is 17.8 Å². The molecule has 2 nitrogen and oxygen atoms in total. The van der Waals surface area contributed by atoms with Gasteiger partial charge in [-0.3, -0.25) is 0 Å². The maximum Gasteiger partial charge on any atom is 0.239 e. The van der Waals surface area contributed by atoms with E-state index in [2.05, 4.69) is 4.99 Å². The van der Waals surface area contributed by atoms with Crippen LogP contribution in [0.3, 0.4) is 0 Å². The molecule has 1 heterocycles. The molecule has 11 heavy (non-hydrogen) atoms. The lowest BCUT2D eigenvalue weighted by Gasteiger charge is -2.00. The third-order valence-corrected chi connectivity index (χ3v) is 3.08. The van der Waals surface area contributed by atoms with Crippen LogP contribution >= 0.6 is 11.8 Å². The molecule has 1 saturated heterocycles. The van der Waals surface area contributed by atoms with Crippen LogP contribution in [0.25, 0.3) is 0 Å². The van der Waals surface area contributed by atoms with Gasteiger partial charge in [-0.15, -0.1) is 0 Å². The molecule has 3 heteroatoms. The number of rotatable bonds is 3. The van der Waals surface area contributed by atoms with Crippen molar-refractivity contribution in [1.29, 1.82) is 0 Å². The fourth-order valence-corrected chi connectivity index (χ4v) is 2.37. The largest absolute Gasteiger partial charge is 0.239 e. The minimum Gasteiger partial charge on any atom is -0.211 e. The second kappa shape index (κ2) is 5.16. The molecular weight excluding hydrogens is 158 g/mol. The Morgan fingerprint density at radius 2 is 2.64 bits per heavy atom. The van der Waals surface area contributed by atoms with Gasteiger partial charge in [0.1, 0.15) is 0 Å². The fourth-order valence-electron chi connectivity index (χ4n) is 1.13. The van der Waals surface area contributed by atoms with E-state index in [1.54, 1.807) is 0 Å². The highest BCUT2D eigenvalue weighted by Gasteiger charge is 2.12. The molecule has 1 fully saturated rings. The molecule has 0 aliphatic carbocycles. The third kappa shape index (κ3) is 3.40. The van der Waals surface area contributed by atoms with Crippen molar-refractivity contribution in [3.63, 3.8) is 0 Å². The van der Waals surface area contributed by atoms with Gasteiger partial charge in [0.15, 0.2) is 0 Å². The van der Waals surface area contributed by atoms with Gasteiger partial charge in [0.05, 0.1) is 0 Å². The molecule has 1 unspecified atom stereocenters. The van der Waals surface area contributed by atoms with Crippen molar-refractivity contribution < 1.29 is 4.79 Å². The lowest BCUT2D eigenvalue weighted by molar-refractivity contribution is 0.565. The highest BCUT2D eigenvalue weighted by molar-refractivity contribution is 8.00. The number of nitrogens with zero attached hydrogens (tertiary/aromatic N) is 1. The SMILES string of the molecule is O=C=N/C=C\CC1CCCS1. The van der Waals surface area contributed by atoms with E-state index in [-0.39, 0.29) is 0 Å². The van der Waals surface area contributed by atoms with Gasteiger partial charge in [-0.05, 0) is 25.0 Å². The van der Waals surface area contributed by atoms with Gasteiger partial charge in [0, 0.05) is 11.4 Å². The van der Waals surface area contributed by atoms with Crippen LogP contribution in [0.5, 0.6) is 0 Å². The molecule has 0 amide bonds. The topological polar surface area (TPSA) is 29.4 Å². The number of hydrogen-bond donors (Lipinski definition) is 0. The summed E-state index contributed by atoms with van der Waals surface area (Å²) < 4.78 is 0. The van der Waals surface area contributed by atoms with E-state index < -0.39 is 0 Å². The van der Waals surface area contributed by atoms with Gasteiger partial charge in [-0.1, -0.05) is 6.08 Å². The highest BCUT2D eigenvalue weighted by Crippen LogP contribution is 2.28. The van der Waals surface area contributed by atoms with E-state index in [4.69, 9.17) is 0 Å². The molecule has 0 N–H and O–H groups in total. The summed E-state index contributed by atoms with van der Waals surface area (Å²) in [6.45, 7) is 0. The van der Waals surface area contributed by atoms with Crippen LogP contribution in [0.1, 0.15) is 19.3 Å². The summed E-state index contributed by atoms with van der Waals surface area (Å²) in [5, 5.41) is 0.758. The number of carbonyl (C=O) groups excluding carboxylic acids is 1. The van der Waals surface area contributed by atoms with Gasteiger partial charge in [0.25, 0.3) is 0 Å². The quantitative estimate of drug-likeness (QED) is 0.478. The van der Waals surface area contributed by atoms with E-state index in [1.165, 1.54) is 30.9 Å². The molecule has 0 radical (unpaired) electrons. The first kappa shape index (κ1) is 8.57. The van der Waals surface area contributed by atoms with Crippen molar-refractivity contribution in [2.75, 3.05) is 5.75 Å². The Morgan fingerprint density at radius 3 is 3.27 bits per heavy atom. The summed E-state index contributed by atoms with van der Waals surface area (Å²) in [6, 6.07) is 0. The zero-order valence-electron chi connectivity index (χ0n) is 6.32. The third-order valence-electron chi connectivity index (χ3n) is 1.66. The Hall–Kier alpha value is -0.530. The minimum absolute atomic E-state index is 0.758. The highest BCUT2D eigenvalue weighted by atomic mass is 32.2. The van der Waals surface area contributed by atoms with Crippen LogP contribution in [0.2, 0.25) is 0 Å². The molecule has 60 valence electrons. The van der Waals surface area contributed by atoms with Crippen LogP contribution in [-0.2, 0) is 4.79 Å². The van der Waals surface area contributed by atoms with Crippen LogP contribution in [0.15, 0.2) is 17.3 Å². The molecule has 0 saturated carbocycles. The average Bonchev–Trinajstić information content (AvgIpc) is 2.50. The van der Waals surface area contributed by atoms with Gasteiger partial charge in [-0.2, -0.15) is 16.8 Å². The van der Waals surface area contributed by atoms with E-state index >= 15 is 0 Å². The number of thioether (sulfide) groups is 1. The maximum atomic E-state index is 9.65. The molecule has 0 bridgehead atoms. The Labute approximate surface area is 70.8 Å². The summed E-state index contributed by atoms with van der Waals surface area (Å²) in [5.74, 6) is 1.29. The summed E-state index contributed by atoms with van der Waals surface area (Å²) in [7, 11) is 0. The second-order valence-corrected chi connectivity index (χ2v) is 3.88. The predicted molar refractivity (Wildman–Crippen MR) is 47.4 cm³/mol. The molecule has 0 aromatic heterocycles. The molecule has 1 aliphatic rings. The Morgan fingerprint density at radius 1 is 1.73 bits per heavy atom. The standard InChI is InChI=1S/C8H11NOS/c10-7-9-5-1-3-8-4-2-6-11-8/h1,5,8H,2-4,6H2/b5-1-. The van der Waals surface area contributed by atoms with Crippen molar-refractivity contribution in [3.8, 4) is 0 Å². The van der Waals surface area contributed by atoms with Crippen LogP contribution in [0, 0.1) is 0 Å². The van der Waals surface area contributed by atoms with Gasteiger partial charge in [-0.25, -0.2) is 4.79 Å². The van der Waals surface area contributed by atoms with Crippen molar-refractivity contribution in [3.05, 3.63) is 12.3 Å². The van der Waals surface area contributed by atoms with Gasteiger partial charge < -0.3 is 0 Å². The lowest BCUT2D eigenvalue weighted by Crippen LogP contribution is -1.91. The number of isocyanates is 1. The van der Waals surface area contributed by atoms with Crippen molar-refractivity contribution in [1.82, 2.24) is 0 Å². The first-order valence-electron chi connectivity index (χ1n) is 3.77. The average molecular weight is 169 g/mol. The summed E-state index contributed by atoms with van der Waals surface area (Å²) in [4.78, 5) is 13.0. The van der Waals surface area contributed by atoms with Crippen molar-refractivity contribution >= 4 is 17.8 Å². The Balaban J connectivity index is 2.15. The maximum absolute atomic E-state index is 9.65. The van der Waals surface area contributed by atoms with Gasteiger partial charge in [0.2, 0.25) is 6.08 Å². The number of hydrogen-bond acceptors (Lipinski definition) is 3. The summed E-state index contributed by atoms with van der Waals surface area (Å²) in [5.41, 5.74) is 0. The molecule has 0 aromatic carbocycles. The zero-order chi connectivity index (χ0) is 7.94. The lowest BCUT2D eigenvalue weighted by atomic mass is 10.2. The smallest absolute Gasteiger partial charge is 0.211 e. The van der Waals surface area contributed by atoms with Crippen LogP contribution in [-0.4, -0.2) is 17.1 Å². The molecule has 1 rings (SSSR count). The molecule has 1 aliphatic heterocycles. The number of allylic oxidation sites excluding steroid dienone is 1. The van der Waals surface area contributed by atoms with Crippen LogP contribution in [0.4, 0.5) is 0 Å². The Bertz CT molecular complexity index is 179. The normalized spacial score (nSPS) is 23.8. The first-order chi connectivity index (χ1) is 5.43. The van der Waals surface area contributed by atoms with Crippen molar-refractivity contribution in [2.24, 2.45) is 4.99 Å². The summed E-state index contributed by atoms with van der Waals surface area (Å²) >= 11 is 2.01. The molecular formula is C8H11NOS.